The minimum Gasteiger partial charge on any atom is -0.346 e. The lowest BCUT2D eigenvalue weighted by Crippen LogP contribution is -2.14. The fourth-order valence-corrected chi connectivity index (χ4v) is 2.46. The normalized spacial score (nSPS) is 11.3. The first-order valence-corrected chi connectivity index (χ1v) is 7.51. The number of H-pyrrole nitrogens is 1. The van der Waals surface area contributed by atoms with Crippen molar-refractivity contribution in [1.29, 1.82) is 5.26 Å². The number of aromatic nitrogens is 2. The van der Waals surface area contributed by atoms with Crippen LogP contribution in [0.3, 0.4) is 0 Å². The molecule has 0 spiro atoms. The van der Waals surface area contributed by atoms with Gasteiger partial charge in [0.05, 0.1) is 0 Å². The molecule has 1 aromatic carbocycles. The van der Waals surface area contributed by atoms with Crippen LogP contribution in [0.15, 0.2) is 48.3 Å². The summed E-state index contributed by atoms with van der Waals surface area (Å²) in [7, 11) is 0. The van der Waals surface area contributed by atoms with E-state index in [1.165, 1.54) is 0 Å². The zero-order valence-electron chi connectivity index (χ0n) is 13.4. The van der Waals surface area contributed by atoms with Gasteiger partial charge in [-0.05, 0) is 49.2 Å². The maximum atomic E-state index is 12.4. The van der Waals surface area contributed by atoms with Gasteiger partial charge in [-0.1, -0.05) is 12.1 Å². The van der Waals surface area contributed by atoms with E-state index < -0.39 is 5.91 Å². The van der Waals surface area contributed by atoms with E-state index in [4.69, 9.17) is 0 Å². The third-order valence-corrected chi connectivity index (χ3v) is 3.79. The number of rotatable bonds is 3. The van der Waals surface area contributed by atoms with Crippen molar-refractivity contribution in [2.24, 2.45) is 0 Å². The number of pyridine rings is 1. The molecule has 0 radical (unpaired) electrons. The van der Waals surface area contributed by atoms with E-state index in [0.717, 1.165) is 27.7 Å². The van der Waals surface area contributed by atoms with Crippen LogP contribution < -0.4 is 5.32 Å². The summed E-state index contributed by atoms with van der Waals surface area (Å²) in [5.74, 6) is -0.426. The molecule has 0 aliphatic heterocycles. The number of fused-ring (bicyclic) bond motifs is 1. The molecule has 3 rings (SSSR count). The van der Waals surface area contributed by atoms with Crippen molar-refractivity contribution >= 4 is 28.7 Å². The molecule has 118 valence electrons. The molecule has 24 heavy (non-hydrogen) atoms. The lowest BCUT2D eigenvalue weighted by Gasteiger charge is -2.08. The number of amides is 1. The van der Waals surface area contributed by atoms with E-state index >= 15 is 0 Å². The first kappa shape index (κ1) is 15.5. The maximum absolute atomic E-state index is 12.4. The average molecular weight is 316 g/mol. The number of nitrogens with one attached hydrogen (secondary N) is 2. The minimum atomic E-state index is -0.426. The number of carbonyl (C=O) groups is 1. The second-order valence-corrected chi connectivity index (χ2v) is 5.59. The predicted octanol–water partition coefficient (Wildman–Crippen LogP) is 3.73. The Morgan fingerprint density at radius 1 is 1.33 bits per heavy atom. The lowest BCUT2D eigenvalue weighted by atomic mass is 10.1. The van der Waals surface area contributed by atoms with Crippen LogP contribution in [-0.2, 0) is 4.79 Å². The van der Waals surface area contributed by atoms with Crippen molar-refractivity contribution < 1.29 is 4.79 Å². The molecule has 2 aromatic heterocycles. The predicted molar refractivity (Wildman–Crippen MR) is 94.2 cm³/mol. The summed E-state index contributed by atoms with van der Waals surface area (Å²) in [6.45, 7) is 3.87. The highest BCUT2D eigenvalue weighted by Gasteiger charge is 2.12. The van der Waals surface area contributed by atoms with Crippen molar-refractivity contribution in [3.05, 3.63) is 65.0 Å². The molecule has 0 fully saturated rings. The number of nitriles is 1. The van der Waals surface area contributed by atoms with Crippen LogP contribution in [0.5, 0.6) is 0 Å². The van der Waals surface area contributed by atoms with Crippen LogP contribution >= 0.6 is 0 Å². The number of hydrogen-bond acceptors (Lipinski definition) is 3. The second-order valence-electron chi connectivity index (χ2n) is 5.59. The Hall–Kier alpha value is -3.39. The summed E-state index contributed by atoms with van der Waals surface area (Å²) in [5.41, 5.74) is 4.22. The van der Waals surface area contributed by atoms with Gasteiger partial charge in [0.25, 0.3) is 5.91 Å². The number of benzene rings is 1. The molecular weight excluding hydrogens is 300 g/mol. The number of aryl methyl sites for hydroxylation is 2. The van der Waals surface area contributed by atoms with E-state index in [9.17, 15) is 10.1 Å². The fourth-order valence-electron chi connectivity index (χ4n) is 2.46. The third kappa shape index (κ3) is 3.03. The van der Waals surface area contributed by atoms with E-state index in [-0.39, 0.29) is 5.57 Å². The summed E-state index contributed by atoms with van der Waals surface area (Å²) in [5, 5.41) is 13.0. The Kier molecular flexibility index (Phi) is 4.13. The van der Waals surface area contributed by atoms with Crippen LogP contribution in [0.4, 0.5) is 5.69 Å². The monoisotopic (exact) mass is 316 g/mol. The van der Waals surface area contributed by atoms with Gasteiger partial charge < -0.3 is 10.3 Å². The number of aromatic amines is 1. The lowest BCUT2D eigenvalue weighted by molar-refractivity contribution is -0.112. The summed E-state index contributed by atoms with van der Waals surface area (Å²) in [6, 6.07) is 11.5. The van der Waals surface area contributed by atoms with E-state index in [0.29, 0.717) is 5.69 Å². The molecular formula is C19H16N4O. The van der Waals surface area contributed by atoms with Gasteiger partial charge >= 0.3 is 0 Å². The zero-order chi connectivity index (χ0) is 17.1. The van der Waals surface area contributed by atoms with Gasteiger partial charge in [-0.15, -0.1) is 0 Å². The highest BCUT2D eigenvalue weighted by molar-refractivity contribution is 6.10. The Morgan fingerprint density at radius 3 is 2.96 bits per heavy atom. The average Bonchev–Trinajstić information content (AvgIpc) is 2.99. The van der Waals surface area contributed by atoms with Crippen LogP contribution in [0, 0.1) is 25.2 Å². The largest absolute Gasteiger partial charge is 0.346 e. The zero-order valence-corrected chi connectivity index (χ0v) is 13.4. The number of anilines is 1. The molecule has 3 aromatic rings. The topological polar surface area (TPSA) is 81.6 Å². The van der Waals surface area contributed by atoms with E-state index in [1.54, 1.807) is 18.5 Å². The third-order valence-electron chi connectivity index (χ3n) is 3.79. The summed E-state index contributed by atoms with van der Waals surface area (Å²) >= 11 is 0. The number of hydrogen-bond donors (Lipinski definition) is 2. The molecule has 0 saturated carbocycles. The Bertz CT molecular complexity index is 992. The molecule has 0 saturated heterocycles. The summed E-state index contributed by atoms with van der Waals surface area (Å²) < 4.78 is 0. The van der Waals surface area contributed by atoms with Gasteiger partial charge in [0, 0.05) is 29.0 Å². The molecule has 5 nitrogen and oxygen atoms in total. The molecule has 0 unspecified atom stereocenters. The summed E-state index contributed by atoms with van der Waals surface area (Å²) in [4.78, 5) is 19.7. The standard InChI is InChI=1S/C19H16N4O/c1-12-5-6-13(2)17(8-12)23-19(24)14(10-20)9-15-11-22-18-16(15)4-3-7-21-18/h3-9,11H,1-2H3,(H,21,22)(H,23,24)/b14-9+. The van der Waals surface area contributed by atoms with E-state index in [2.05, 4.69) is 15.3 Å². The first-order valence-electron chi connectivity index (χ1n) is 7.51. The molecule has 0 aliphatic carbocycles. The van der Waals surface area contributed by atoms with Gasteiger partial charge in [-0.3, -0.25) is 4.79 Å². The number of nitrogens with zero attached hydrogens (tertiary/aromatic N) is 2. The van der Waals surface area contributed by atoms with Gasteiger partial charge in [-0.25, -0.2) is 4.98 Å². The number of carbonyl (C=O) groups excluding carboxylic acids is 1. The first-order chi connectivity index (χ1) is 11.6. The Balaban J connectivity index is 1.92. The van der Waals surface area contributed by atoms with Crippen LogP contribution in [0.2, 0.25) is 0 Å². The highest BCUT2D eigenvalue weighted by Crippen LogP contribution is 2.20. The van der Waals surface area contributed by atoms with Crippen molar-refractivity contribution in [3.63, 3.8) is 0 Å². The van der Waals surface area contributed by atoms with Gasteiger partial charge in [0.1, 0.15) is 17.3 Å². The minimum absolute atomic E-state index is 0.0423. The maximum Gasteiger partial charge on any atom is 0.266 e. The molecule has 0 aliphatic rings. The van der Waals surface area contributed by atoms with Crippen molar-refractivity contribution in [3.8, 4) is 6.07 Å². The molecule has 2 N–H and O–H groups in total. The van der Waals surface area contributed by atoms with Gasteiger partial charge in [0.15, 0.2) is 0 Å². The second kappa shape index (κ2) is 6.39. The van der Waals surface area contributed by atoms with Crippen LogP contribution in [0.25, 0.3) is 17.1 Å². The fraction of sp³-hybridized carbons (Fsp3) is 0.105. The quantitative estimate of drug-likeness (QED) is 0.570. The Labute approximate surface area is 139 Å². The molecule has 0 bridgehead atoms. The van der Waals surface area contributed by atoms with Crippen molar-refractivity contribution in [2.45, 2.75) is 13.8 Å². The smallest absolute Gasteiger partial charge is 0.266 e. The highest BCUT2D eigenvalue weighted by atomic mass is 16.1. The van der Waals surface area contributed by atoms with Crippen molar-refractivity contribution in [1.82, 2.24) is 9.97 Å². The molecule has 5 heteroatoms. The molecule has 1 amide bonds. The van der Waals surface area contributed by atoms with Gasteiger partial charge in [-0.2, -0.15) is 5.26 Å². The SMILES string of the molecule is Cc1ccc(C)c(NC(=O)/C(C#N)=C/c2c[nH]c3ncccc23)c1. The van der Waals surface area contributed by atoms with E-state index in [1.807, 2.05) is 50.2 Å². The summed E-state index contributed by atoms with van der Waals surface area (Å²) in [6.07, 6.45) is 4.99. The molecule has 2 heterocycles. The molecule has 0 atom stereocenters. The Morgan fingerprint density at radius 2 is 2.17 bits per heavy atom. The van der Waals surface area contributed by atoms with Crippen LogP contribution in [0.1, 0.15) is 16.7 Å². The van der Waals surface area contributed by atoms with Crippen molar-refractivity contribution in [2.75, 3.05) is 5.32 Å². The van der Waals surface area contributed by atoms with Gasteiger partial charge in [0.2, 0.25) is 0 Å². The van der Waals surface area contributed by atoms with Crippen LogP contribution in [-0.4, -0.2) is 15.9 Å².